The summed E-state index contributed by atoms with van der Waals surface area (Å²) in [7, 11) is 1.99. The van der Waals surface area contributed by atoms with Crippen LogP contribution in [0.4, 0.5) is 0 Å². The van der Waals surface area contributed by atoms with Gasteiger partial charge >= 0.3 is 0 Å². The van der Waals surface area contributed by atoms with Gasteiger partial charge in [0.05, 0.1) is 0 Å². The number of rotatable bonds is 5. The first-order valence-corrected chi connectivity index (χ1v) is 7.94. The van der Waals surface area contributed by atoms with Gasteiger partial charge in [-0.3, -0.25) is 0 Å². The molecule has 0 bridgehead atoms. The number of benzene rings is 2. The highest BCUT2D eigenvalue weighted by Crippen LogP contribution is 2.08. The number of likely N-dealkylation sites (N-methyl/N-ethyl adjacent to an activating group) is 1. The molecule has 128 valence electrons. The van der Waals surface area contributed by atoms with E-state index in [1.807, 2.05) is 45.2 Å². The lowest BCUT2D eigenvalue weighted by Gasteiger charge is -2.17. The minimum atomic E-state index is -0.0959. The van der Waals surface area contributed by atoms with Crippen LogP contribution in [0.2, 0.25) is 0 Å². The van der Waals surface area contributed by atoms with Gasteiger partial charge < -0.3 is 11.1 Å². The molecule has 3 heteroatoms. The Balaban J connectivity index is 0.000000403. The zero-order chi connectivity index (χ0) is 16.4. The fourth-order valence-corrected chi connectivity index (χ4v) is 2.19. The van der Waals surface area contributed by atoms with Crippen LogP contribution in [-0.4, -0.2) is 18.6 Å². The zero-order valence-electron chi connectivity index (χ0n) is 14.8. The second-order valence-electron chi connectivity index (χ2n) is 6.53. The third-order valence-corrected chi connectivity index (χ3v) is 3.38. The molecule has 0 aliphatic heterocycles. The Kier molecular flexibility index (Phi) is 10.6. The van der Waals surface area contributed by atoms with Crippen molar-refractivity contribution in [3.8, 4) is 0 Å². The topological polar surface area (TPSA) is 38.0 Å². The van der Waals surface area contributed by atoms with Gasteiger partial charge in [-0.1, -0.05) is 60.7 Å². The Hall–Kier alpha value is -1.35. The predicted octanol–water partition coefficient (Wildman–Crippen LogP) is 4.23. The summed E-state index contributed by atoms with van der Waals surface area (Å²) in [5.41, 5.74) is 8.47. The van der Waals surface area contributed by atoms with Gasteiger partial charge in [-0.15, -0.1) is 12.4 Å². The molecule has 0 radical (unpaired) electrons. The van der Waals surface area contributed by atoms with E-state index in [9.17, 15) is 0 Å². The predicted molar refractivity (Wildman–Crippen MR) is 104 cm³/mol. The maximum absolute atomic E-state index is 5.87. The molecule has 1 atom stereocenters. The summed E-state index contributed by atoms with van der Waals surface area (Å²) in [6, 6.07) is 21.4. The molecule has 3 N–H and O–H groups in total. The molecule has 0 fully saturated rings. The third kappa shape index (κ3) is 10.9. The molecule has 0 heterocycles. The van der Waals surface area contributed by atoms with Crippen LogP contribution < -0.4 is 11.1 Å². The lowest BCUT2D eigenvalue weighted by atomic mass is 9.96. The van der Waals surface area contributed by atoms with Crippen LogP contribution >= 0.6 is 12.4 Å². The molecule has 0 spiro atoms. The van der Waals surface area contributed by atoms with Crippen molar-refractivity contribution in [3.63, 3.8) is 0 Å². The number of halogens is 1. The fraction of sp³-hybridized carbons (Fsp3) is 0.400. The van der Waals surface area contributed by atoms with Crippen molar-refractivity contribution >= 4 is 12.4 Å². The van der Waals surface area contributed by atoms with E-state index < -0.39 is 0 Å². The van der Waals surface area contributed by atoms with Crippen LogP contribution in [0.25, 0.3) is 0 Å². The van der Waals surface area contributed by atoms with Crippen LogP contribution in [0.15, 0.2) is 60.7 Å². The van der Waals surface area contributed by atoms with Gasteiger partial charge in [-0.05, 0) is 51.8 Å². The SMILES string of the molecule is CC(C)(N)Cc1ccccc1.CN[C@@H](C)Cc1ccccc1.Cl. The van der Waals surface area contributed by atoms with E-state index in [-0.39, 0.29) is 17.9 Å². The normalized spacial score (nSPS) is 11.7. The van der Waals surface area contributed by atoms with Crippen LogP contribution in [0, 0.1) is 0 Å². The zero-order valence-corrected chi connectivity index (χ0v) is 15.6. The maximum Gasteiger partial charge on any atom is 0.0138 e. The lowest BCUT2D eigenvalue weighted by molar-refractivity contribution is 0.517. The third-order valence-electron chi connectivity index (χ3n) is 3.38. The molecule has 2 nitrogen and oxygen atoms in total. The quantitative estimate of drug-likeness (QED) is 0.859. The minimum Gasteiger partial charge on any atom is -0.325 e. The highest BCUT2D eigenvalue weighted by molar-refractivity contribution is 5.85. The first-order valence-electron chi connectivity index (χ1n) is 7.94. The summed E-state index contributed by atoms with van der Waals surface area (Å²) >= 11 is 0. The van der Waals surface area contributed by atoms with Crippen molar-refractivity contribution < 1.29 is 0 Å². The second kappa shape index (κ2) is 11.2. The molecule has 0 saturated carbocycles. The Labute approximate surface area is 147 Å². The summed E-state index contributed by atoms with van der Waals surface area (Å²) < 4.78 is 0. The Morgan fingerprint density at radius 2 is 1.35 bits per heavy atom. The van der Waals surface area contributed by atoms with Crippen molar-refractivity contribution in [2.75, 3.05) is 7.05 Å². The molecule has 0 unspecified atom stereocenters. The van der Waals surface area contributed by atoms with E-state index in [1.165, 1.54) is 11.1 Å². The largest absolute Gasteiger partial charge is 0.325 e. The molecule has 2 aromatic carbocycles. The molecule has 0 aliphatic rings. The van der Waals surface area contributed by atoms with E-state index in [0.717, 1.165) is 12.8 Å². The molecule has 0 amide bonds. The van der Waals surface area contributed by atoms with E-state index in [4.69, 9.17) is 5.73 Å². The van der Waals surface area contributed by atoms with E-state index >= 15 is 0 Å². The van der Waals surface area contributed by atoms with Crippen molar-refractivity contribution in [1.29, 1.82) is 0 Å². The average Bonchev–Trinajstić information content (AvgIpc) is 2.48. The van der Waals surface area contributed by atoms with Gasteiger partial charge in [0.2, 0.25) is 0 Å². The van der Waals surface area contributed by atoms with Crippen LogP contribution in [0.1, 0.15) is 31.9 Å². The second-order valence-corrected chi connectivity index (χ2v) is 6.53. The molecule has 2 rings (SSSR count). The van der Waals surface area contributed by atoms with Crippen molar-refractivity contribution in [2.45, 2.75) is 45.2 Å². The fourth-order valence-electron chi connectivity index (χ4n) is 2.19. The van der Waals surface area contributed by atoms with Gasteiger partial charge in [-0.2, -0.15) is 0 Å². The summed E-state index contributed by atoms with van der Waals surface area (Å²) in [5.74, 6) is 0. The summed E-state index contributed by atoms with van der Waals surface area (Å²) in [5, 5.41) is 3.21. The van der Waals surface area contributed by atoms with Crippen LogP contribution in [0.5, 0.6) is 0 Å². The van der Waals surface area contributed by atoms with Crippen molar-refractivity contribution in [3.05, 3.63) is 71.8 Å². The van der Waals surface area contributed by atoms with Gasteiger partial charge in [0.25, 0.3) is 0 Å². The smallest absolute Gasteiger partial charge is 0.0138 e. The molecule has 0 aromatic heterocycles. The Morgan fingerprint density at radius 3 is 1.74 bits per heavy atom. The molecule has 23 heavy (non-hydrogen) atoms. The summed E-state index contributed by atoms with van der Waals surface area (Å²) in [4.78, 5) is 0. The highest BCUT2D eigenvalue weighted by Gasteiger charge is 2.10. The van der Waals surface area contributed by atoms with Crippen molar-refractivity contribution in [1.82, 2.24) is 5.32 Å². The Morgan fingerprint density at radius 1 is 0.913 bits per heavy atom. The van der Waals surface area contributed by atoms with Crippen molar-refractivity contribution in [2.24, 2.45) is 5.73 Å². The number of hydrogen-bond acceptors (Lipinski definition) is 2. The Bertz CT molecular complexity index is 506. The minimum absolute atomic E-state index is 0. The highest BCUT2D eigenvalue weighted by atomic mass is 35.5. The van der Waals surface area contributed by atoms with Gasteiger partial charge in [0.15, 0.2) is 0 Å². The first-order chi connectivity index (χ1) is 10.4. The van der Waals surface area contributed by atoms with Gasteiger partial charge in [-0.25, -0.2) is 0 Å². The van der Waals surface area contributed by atoms with Gasteiger partial charge in [0, 0.05) is 11.6 Å². The summed E-state index contributed by atoms with van der Waals surface area (Å²) in [6.07, 6.45) is 2.05. The molecule has 0 saturated heterocycles. The monoisotopic (exact) mass is 334 g/mol. The number of nitrogens with one attached hydrogen (secondary N) is 1. The van der Waals surface area contributed by atoms with E-state index in [1.54, 1.807) is 0 Å². The molecule has 2 aromatic rings. The number of nitrogens with two attached hydrogens (primary N) is 1. The van der Waals surface area contributed by atoms with Gasteiger partial charge in [0.1, 0.15) is 0 Å². The number of hydrogen-bond donors (Lipinski definition) is 2. The van der Waals surface area contributed by atoms with Crippen LogP contribution in [-0.2, 0) is 12.8 Å². The summed E-state index contributed by atoms with van der Waals surface area (Å²) in [6.45, 7) is 6.27. The van der Waals surface area contributed by atoms with E-state index in [2.05, 4.69) is 48.6 Å². The van der Waals surface area contributed by atoms with E-state index in [0.29, 0.717) is 6.04 Å². The molecular formula is C20H31ClN2. The molecular weight excluding hydrogens is 304 g/mol. The molecule has 0 aliphatic carbocycles. The maximum atomic E-state index is 5.87. The first kappa shape index (κ1) is 21.6. The van der Waals surface area contributed by atoms with Crippen LogP contribution in [0.3, 0.4) is 0 Å². The average molecular weight is 335 g/mol. The standard InChI is InChI=1S/2C10H15N.ClH/c1-10(2,11)8-9-6-4-3-5-7-9;1-9(11-2)8-10-6-4-3-5-7-10;/h3-7H,8,11H2,1-2H3;3-7,9,11H,8H2,1-2H3;1H/t;9-;/m.0./s1. The lowest BCUT2D eigenvalue weighted by Crippen LogP contribution is -2.34.